The molecule has 0 aliphatic heterocycles. The molecule has 0 aliphatic carbocycles. The Balaban J connectivity index is 2.71. The maximum atomic E-state index is 13.6. The number of carbonyl (C=O) groups excluding carboxylic acids is 1. The van der Waals surface area contributed by atoms with Gasteiger partial charge in [0.25, 0.3) is 0 Å². The predicted molar refractivity (Wildman–Crippen MR) is 68.0 cm³/mol. The molecule has 18 heavy (non-hydrogen) atoms. The Labute approximate surface area is 110 Å². The fraction of sp³-hybridized carbons (Fsp3) is 0.417. The van der Waals surface area contributed by atoms with Crippen LogP contribution in [0.1, 0.15) is 25.5 Å². The van der Waals surface area contributed by atoms with Gasteiger partial charge in [-0.1, -0.05) is 17.7 Å². The zero-order chi connectivity index (χ0) is 13.7. The highest BCUT2D eigenvalue weighted by Crippen LogP contribution is 2.25. The van der Waals surface area contributed by atoms with Gasteiger partial charge in [-0.25, -0.2) is 9.18 Å². The zero-order valence-electron chi connectivity index (χ0n) is 10.2. The van der Waals surface area contributed by atoms with Crippen LogP contribution in [0.25, 0.3) is 0 Å². The van der Waals surface area contributed by atoms with E-state index in [0.29, 0.717) is 0 Å². The Kier molecular flexibility index (Phi) is 5.37. The molecule has 0 aliphatic rings. The average Bonchev–Trinajstić information content (AvgIpc) is 2.28. The second kappa shape index (κ2) is 6.56. The van der Waals surface area contributed by atoms with Crippen LogP contribution in [-0.2, 0) is 0 Å². The minimum absolute atomic E-state index is 0.164. The van der Waals surface area contributed by atoms with E-state index in [0.717, 1.165) is 0 Å². The highest BCUT2D eigenvalue weighted by molar-refractivity contribution is 6.31. The van der Waals surface area contributed by atoms with Crippen LogP contribution >= 0.6 is 11.6 Å². The average molecular weight is 275 g/mol. The number of rotatable bonds is 4. The van der Waals surface area contributed by atoms with E-state index in [-0.39, 0.29) is 23.2 Å². The summed E-state index contributed by atoms with van der Waals surface area (Å²) >= 11 is 5.89. The highest BCUT2D eigenvalue weighted by Gasteiger charge is 2.17. The Morgan fingerprint density at radius 1 is 1.44 bits per heavy atom. The summed E-state index contributed by atoms with van der Waals surface area (Å²) in [5.74, 6) is -0.467. The molecule has 0 fully saturated rings. The third-order valence-electron chi connectivity index (χ3n) is 2.43. The number of nitrogens with one attached hydrogen (secondary N) is 2. The molecule has 3 N–H and O–H groups in total. The molecule has 1 aromatic rings. The van der Waals surface area contributed by atoms with Gasteiger partial charge in [0.2, 0.25) is 0 Å². The fourth-order valence-electron chi connectivity index (χ4n) is 1.50. The van der Waals surface area contributed by atoms with Gasteiger partial charge >= 0.3 is 6.03 Å². The van der Waals surface area contributed by atoms with E-state index in [2.05, 4.69) is 10.6 Å². The first-order valence-electron chi connectivity index (χ1n) is 5.57. The number of hydrogen-bond donors (Lipinski definition) is 3. The van der Waals surface area contributed by atoms with Crippen molar-refractivity contribution in [1.29, 1.82) is 0 Å². The minimum Gasteiger partial charge on any atom is -0.394 e. The van der Waals surface area contributed by atoms with E-state index >= 15 is 0 Å². The van der Waals surface area contributed by atoms with Crippen molar-refractivity contribution in [1.82, 2.24) is 10.6 Å². The first-order chi connectivity index (χ1) is 8.45. The van der Waals surface area contributed by atoms with Crippen LogP contribution in [0.5, 0.6) is 0 Å². The molecule has 2 unspecified atom stereocenters. The van der Waals surface area contributed by atoms with Crippen LogP contribution in [0.3, 0.4) is 0 Å². The van der Waals surface area contributed by atoms with Crippen molar-refractivity contribution in [2.24, 2.45) is 0 Å². The molecular weight excluding hydrogens is 259 g/mol. The summed E-state index contributed by atoms with van der Waals surface area (Å²) in [6.45, 7) is 3.12. The van der Waals surface area contributed by atoms with Gasteiger partial charge in [0, 0.05) is 10.6 Å². The van der Waals surface area contributed by atoms with Gasteiger partial charge in [-0.2, -0.15) is 0 Å². The third kappa shape index (κ3) is 3.85. The van der Waals surface area contributed by atoms with Crippen molar-refractivity contribution in [2.75, 3.05) is 6.61 Å². The van der Waals surface area contributed by atoms with E-state index in [1.165, 1.54) is 12.1 Å². The maximum absolute atomic E-state index is 13.6. The van der Waals surface area contributed by atoms with E-state index in [4.69, 9.17) is 16.7 Å². The van der Waals surface area contributed by atoms with Crippen LogP contribution in [0.15, 0.2) is 18.2 Å². The molecular formula is C12H16ClFN2O2. The summed E-state index contributed by atoms with van der Waals surface area (Å²) in [5.41, 5.74) is 0.242. The molecule has 1 aromatic carbocycles. The first-order valence-corrected chi connectivity index (χ1v) is 5.95. The normalized spacial score (nSPS) is 13.8. The quantitative estimate of drug-likeness (QED) is 0.788. The van der Waals surface area contributed by atoms with E-state index in [1.807, 2.05) is 0 Å². The van der Waals surface area contributed by atoms with E-state index in [9.17, 15) is 9.18 Å². The van der Waals surface area contributed by atoms with Crippen molar-refractivity contribution in [2.45, 2.75) is 25.9 Å². The molecule has 0 aromatic heterocycles. The van der Waals surface area contributed by atoms with Crippen LogP contribution < -0.4 is 10.6 Å². The van der Waals surface area contributed by atoms with E-state index in [1.54, 1.807) is 19.9 Å². The summed E-state index contributed by atoms with van der Waals surface area (Å²) in [5, 5.41) is 14.1. The number of benzene rings is 1. The van der Waals surface area contributed by atoms with Crippen molar-refractivity contribution in [3.63, 3.8) is 0 Å². The fourth-order valence-corrected chi connectivity index (χ4v) is 1.83. The number of halogens is 2. The lowest BCUT2D eigenvalue weighted by Gasteiger charge is -2.18. The van der Waals surface area contributed by atoms with Gasteiger partial charge < -0.3 is 15.7 Å². The molecule has 0 radical (unpaired) electrons. The topological polar surface area (TPSA) is 61.4 Å². The first kappa shape index (κ1) is 14.7. The second-order valence-electron chi connectivity index (χ2n) is 4.06. The lowest BCUT2D eigenvalue weighted by molar-refractivity contribution is 0.218. The number of urea groups is 1. The van der Waals surface area contributed by atoms with Crippen molar-refractivity contribution in [3.05, 3.63) is 34.6 Å². The monoisotopic (exact) mass is 274 g/mol. The summed E-state index contributed by atoms with van der Waals surface area (Å²) in [6.07, 6.45) is 0. The van der Waals surface area contributed by atoms with Crippen LogP contribution in [0.2, 0.25) is 5.02 Å². The lowest BCUT2D eigenvalue weighted by Crippen LogP contribution is -2.43. The zero-order valence-corrected chi connectivity index (χ0v) is 11.0. The molecule has 6 heteroatoms. The molecule has 4 nitrogen and oxygen atoms in total. The lowest BCUT2D eigenvalue weighted by atomic mass is 10.1. The van der Waals surface area contributed by atoms with Gasteiger partial charge in [-0.3, -0.25) is 0 Å². The number of aliphatic hydroxyl groups is 1. The minimum atomic E-state index is -0.565. The van der Waals surface area contributed by atoms with Gasteiger partial charge in [0.15, 0.2) is 0 Å². The van der Waals surface area contributed by atoms with Crippen molar-refractivity contribution >= 4 is 17.6 Å². The van der Waals surface area contributed by atoms with Crippen molar-refractivity contribution in [3.8, 4) is 0 Å². The number of aliphatic hydroxyl groups excluding tert-OH is 1. The van der Waals surface area contributed by atoms with Gasteiger partial charge in [0.1, 0.15) is 5.82 Å². The molecule has 0 bridgehead atoms. The smallest absolute Gasteiger partial charge is 0.315 e. The molecule has 2 amide bonds. The largest absolute Gasteiger partial charge is 0.394 e. The summed E-state index contributed by atoms with van der Waals surface area (Å²) in [4.78, 5) is 11.5. The van der Waals surface area contributed by atoms with Crippen LogP contribution in [0.4, 0.5) is 9.18 Å². The maximum Gasteiger partial charge on any atom is 0.315 e. The van der Waals surface area contributed by atoms with Gasteiger partial charge in [-0.05, 0) is 26.0 Å². The summed E-state index contributed by atoms with van der Waals surface area (Å²) in [6, 6.07) is 2.93. The number of hydrogen-bond acceptors (Lipinski definition) is 2. The van der Waals surface area contributed by atoms with Crippen LogP contribution in [-0.4, -0.2) is 23.8 Å². The Morgan fingerprint density at radius 3 is 2.67 bits per heavy atom. The standard InChI is InChI=1S/C12H16ClFN2O2/c1-7(6-17)15-12(18)16-8(2)11-9(13)4-3-5-10(11)14/h3-5,7-8,17H,6H2,1-2H3,(H2,15,16,18). The SMILES string of the molecule is CC(CO)NC(=O)NC(C)c1c(F)cccc1Cl. The highest BCUT2D eigenvalue weighted by atomic mass is 35.5. The summed E-state index contributed by atoms with van der Waals surface area (Å²) < 4.78 is 13.6. The molecule has 2 atom stereocenters. The number of amides is 2. The third-order valence-corrected chi connectivity index (χ3v) is 2.76. The predicted octanol–water partition coefficient (Wildman–Crippen LogP) is 2.22. The molecule has 0 spiro atoms. The molecule has 100 valence electrons. The Morgan fingerprint density at radius 2 is 2.11 bits per heavy atom. The second-order valence-corrected chi connectivity index (χ2v) is 4.47. The Bertz CT molecular complexity index is 408. The molecule has 0 saturated heterocycles. The van der Waals surface area contributed by atoms with Gasteiger partial charge in [-0.15, -0.1) is 0 Å². The van der Waals surface area contributed by atoms with Gasteiger partial charge in [0.05, 0.1) is 18.7 Å². The van der Waals surface area contributed by atoms with Crippen LogP contribution in [0, 0.1) is 5.82 Å². The summed E-state index contributed by atoms with van der Waals surface area (Å²) in [7, 11) is 0. The van der Waals surface area contributed by atoms with E-state index < -0.39 is 17.9 Å². The molecule has 0 heterocycles. The molecule has 1 rings (SSSR count). The number of carbonyl (C=O) groups is 1. The van der Waals surface area contributed by atoms with Crippen molar-refractivity contribution < 1.29 is 14.3 Å². The Hall–Kier alpha value is -1.33. The molecule has 0 saturated carbocycles.